The van der Waals surface area contributed by atoms with Gasteiger partial charge in [0, 0.05) is 51.5 Å². The third kappa shape index (κ3) is 2.33. The van der Waals surface area contributed by atoms with Crippen LogP contribution in [0.5, 0.6) is 0 Å². The lowest BCUT2D eigenvalue weighted by Gasteiger charge is -2.29. The lowest BCUT2D eigenvalue weighted by molar-refractivity contribution is -0.141. The number of carbonyl (C=O) groups excluding carboxylic acids is 1. The van der Waals surface area contributed by atoms with Crippen molar-refractivity contribution in [2.24, 2.45) is 14.1 Å². The first kappa shape index (κ1) is 14.4. The van der Waals surface area contributed by atoms with Gasteiger partial charge in [-0.25, -0.2) is 0 Å². The van der Waals surface area contributed by atoms with Crippen molar-refractivity contribution in [3.05, 3.63) is 17.6 Å². The highest BCUT2D eigenvalue weighted by Crippen LogP contribution is 2.29. The molecule has 0 radical (unpaired) electrons. The summed E-state index contributed by atoms with van der Waals surface area (Å²) in [6.45, 7) is 1.96. The molecule has 1 unspecified atom stereocenters. The Bertz CT molecular complexity index is 743. The fraction of sp³-hybridized carbons (Fsp3) is 0.600. The van der Waals surface area contributed by atoms with Gasteiger partial charge in [0.15, 0.2) is 5.82 Å². The largest absolute Gasteiger partial charge is 0.368 e. The molecule has 1 saturated heterocycles. The van der Waals surface area contributed by atoms with E-state index in [9.17, 15) is 4.79 Å². The van der Waals surface area contributed by atoms with Crippen LogP contribution in [0.2, 0.25) is 0 Å². The topological polar surface area (TPSA) is 78.1 Å². The van der Waals surface area contributed by atoms with E-state index in [0.717, 1.165) is 36.3 Å². The molecule has 4 heterocycles. The number of nitrogens with zero attached hydrogens (tertiary/aromatic N) is 6. The van der Waals surface area contributed by atoms with Crippen molar-refractivity contribution in [3.8, 4) is 11.5 Å². The molecule has 4 rings (SSSR count). The van der Waals surface area contributed by atoms with Gasteiger partial charge in [0.1, 0.15) is 18.1 Å². The monoisotopic (exact) mass is 316 g/mol. The maximum absolute atomic E-state index is 12.6. The molecule has 23 heavy (non-hydrogen) atoms. The normalized spacial score (nSPS) is 20.8. The summed E-state index contributed by atoms with van der Waals surface area (Å²) < 4.78 is 9.29. The lowest BCUT2D eigenvalue weighted by Crippen LogP contribution is -2.42. The Morgan fingerprint density at radius 3 is 2.96 bits per heavy atom. The van der Waals surface area contributed by atoms with Crippen LogP contribution in [0.25, 0.3) is 11.5 Å². The predicted molar refractivity (Wildman–Crippen MR) is 81.3 cm³/mol. The molecule has 0 spiro atoms. The van der Waals surface area contributed by atoms with Gasteiger partial charge < -0.3 is 14.2 Å². The van der Waals surface area contributed by atoms with Crippen LogP contribution in [0, 0.1) is 0 Å². The van der Waals surface area contributed by atoms with Crippen LogP contribution in [-0.2, 0) is 36.6 Å². The Labute approximate surface area is 134 Å². The molecule has 1 amide bonds. The molecule has 0 saturated carbocycles. The molecule has 122 valence electrons. The van der Waals surface area contributed by atoms with E-state index in [1.54, 1.807) is 6.33 Å². The Morgan fingerprint density at radius 1 is 1.39 bits per heavy atom. The number of amides is 1. The summed E-state index contributed by atoms with van der Waals surface area (Å²) in [7, 11) is 3.84. The van der Waals surface area contributed by atoms with Crippen LogP contribution in [0.15, 0.2) is 6.33 Å². The van der Waals surface area contributed by atoms with Crippen molar-refractivity contribution in [2.75, 3.05) is 13.2 Å². The summed E-state index contributed by atoms with van der Waals surface area (Å²) in [6.07, 6.45) is 3.98. The molecule has 1 fully saturated rings. The van der Waals surface area contributed by atoms with Crippen molar-refractivity contribution >= 4 is 5.91 Å². The zero-order valence-corrected chi connectivity index (χ0v) is 13.4. The Balaban J connectivity index is 1.66. The van der Waals surface area contributed by atoms with Gasteiger partial charge in [0.2, 0.25) is 0 Å². The van der Waals surface area contributed by atoms with Crippen molar-refractivity contribution in [1.82, 2.24) is 29.4 Å². The molecule has 0 N–H and O–H groups in total. The fourth-order valence-electron chi connectivity index (χ4n) is 3.43. The summed E-state index contributed by atoms with van der Waals surface area (Å²) in [5.41, 5.74) is 3.05. The number of hydrogen-bond donors (Lipinski definition) is 0. The van der Waals surface area contributed by atoms with Gasteiger partial charge >= 0.3 is 0 Å². The maximum atomic E-state index is 12.6. The number of aryl methyl sites for hydroxylation is 2. The Hall–Kier alpha value is -2.22. The van der Waals surface area contributed by atoms with Gasteiger partial charge in [-0.1, -0.05) is 0 Å². The minimum absolute atomic E-state index is 0.0981. The van der Waals surface area contributed by atoms with E-state index in [0.29, 0.717) is 19.7 Å². The van der Waals surface area contributed by atoms with Gasteiger partial charge in [-0.15, -0.1) is 10.2 Å². The van der Waals surface area contributed by atoms with Gasteiger partial charge in [-0.3, -0.25) is 9.48 Å². The molecule has 8 heteroatoms. The number of aromatic nitrogens is 5. The van der Waals surface area contributed by atoms with Crippen LogP contribution in [0.3, 0.4) is 0 Å². The predicted octanol–water partition coefficient (Wildman–Crippen LogP) is 0.279. The summed E-state index contributed by atoms with van der Waals surface area (Å²) >= 11 is 0. The molecule has 0 bridgehead atoms. The molecular weight excluding hydrogens is 296 g/mol. The maximum Gasteiger partial charge on any atom is 0.252 e. The van der Waals surface area contributed by atoms with Crippen molar-refractivity contribution in [1.29, 1.82) is 0 Å². The van der Waals surface area contributed by atoms with Crippen molar-refractivity contribution in [3.63, 3.8) is 0 Å². The first-order chi connectivity index (χ1) is 11.1. The second kappa shape index (κ2) is 5.45. The second-order valence-electron chi connectivity index (χ2n) is 6.17. The standard InChI is InChI=1S/C15H20N6O2/c1-19-9-16-17-14(19)13-10-8-21(6-5-11(10)20(2)18-13)15(22)12-4-3-7-23-12/h9,12H,3-8H2,1-2H3. The second-order valence-corrected chi connectivity index (χ2v) is 6.17. The lowest BCUT2D eigenvalue weighted by atomic mass is 10.0. The van der Waals surface area contributed by atoms with Crippen LogP contribution in [-0.4, -0.2) is 54.6 Å². The molecule has 1 atom stereocenters. The van der Waals surface area contributed by atoms with E-state index in [-0.39, 0.29) is 12.0 Å². The highest BCUT2D eigenvalue weighted by Gasteiger charge is 2.33. The first-order valence-corrected chi connectivity index (χ1v) is 7.94. The van der Waals surface area contributed by atoms with Gasteiger partial charge in [-0.05, 0) is 12.8 Å². The molecule has 2 aliphatic rings. The number of ether oxygens (including phenoxy) is 1. The van der Waals surface area contributed by atoms with E-state index in [1.807, 2.05) is 28.2 Å². The minimum atomic E-state index is -0.272. The Kier molecular flexibility index (Phi) is 3.41. The number of hydrogen-bond acceptors (Lipinski definition) is 5. The van der Waals surface area contributed by atoms with E-state index < -0.39 is 0 Å². The first-order valence-electron chi connectivity index (χ1n) is 7.94. The van der Waals surface area contributed by atoms with Gasteiger partial charge in [0.25, 0.3) is 5.91 Å². The van der Waals surface area contributed by atoms with Crippen LogP contribution < -0.4 is 0 Å². The SMILES string of the molecule is Cn1cnnc1-c1nn(C)c2c1CN(C(=O)C1CCCO1)CC2. The average molecular weight is 316 g/mol. The smallest absolute Gasteiger partial charge is 0.252 e. The number of carbonyl (C=O) groups is 1. The van der Waals surface area contributed by atoms with Gasteiger partial charge in [0.05, 0.1) is 0 Å². The molecular formula is C15H20N6O2. The quantitative estimate of drug-likeness (QED) is 0.795. The fourth-order valence-corrected chi connectivity index (χ4v) is 3.43. The summed E-state index contributed by atoms with van der Waals surface area (Å²) in [6, 6.07) is 0. The zero-order chi connectivity index (χ0) is 16.0. The molecule has 2 aromatic heterocycles. The molecule has 0 aromatic carbocycles. The van der Waals surface area contributed by atoms with E-state index in [2.05, 4.69) is 15.3 Å². The van der Waals surface area contributed by atoms with E-state index >= 15 is 0 Å². The van der Waals surface area contributed by atoms with Gasteiger partial charge in [-0.2, -0.15) is 5.10 Å². The molecule has 2 aromatic rings. The summed E-state index contributed by atoms with van der Waals surface area (Å²) in [4.78, 5) is 14.5. The van der Waals surface area contributed by atoms with Crippen molar-refractivity contribution < 1.29 is 9.53 Å². The highest BCUT2D eigenvalue weighted by molar-refractivity contribution is 5.81. The van der Waals surface area contributed by atoms with Crippen LogP contribution in [0.4, 0.5) is 0 Å². The third-order valence-electron chi connectivity index (χ3n) is 4.68. The number of rotatable bonds is 2. The van der Waals surface area contributed by atoms with E-state index in [1.165, 1.54) is 5.69 Å². The summed E-state index contributed by atoms with van der Waals surface area (Å²) in [5, 5.41) is 12.7. The third-order valence-corrected chi connectivity index (χ3v) is 4.68. The molecule has 0 aliphatic carbocycles. The Morgan fingerprint density at radius 2 is 2.26 bits per heavy atom. The van der Waals surface area contributed by atoms with Crippen LogP contribution >= 0.6 is 0 Å². The zero-order valence-electron chi connectivity index (χ0n) is 13.4. The van der Waals surface area contributed by atoms with E-state index in [4.69, 9.17) is 4.74 Å². The van der Waals surface area contributed by atoms with Crippen LogP contribution in [0.1, 0.15) is 24.1 Å². The number of fused-ring (bicyclic) bond motifs is 1. The molecule has 8 nitrogen and oxygen atoms in total. The minimum Gasteiger partial charge on any atom is -0.368 e. The van der Waals surface area contributed by atoms with Crippen molar-refractivity contribution in [2.45, 2.75) is 31.9 Å². The average Bonchev–Trinajstić information content (AvgIpc) is 3.27. The highest BCUT2D eigenvalue weighted by atomic mass is 16.5. The summed E-state index contributed by atoms with van der Waals surface area (Å²) in [5.74, 6) is 0.828. The molecule has 2 aliphatic heterocycles.